The molecule has 1 aliphatic rings. The first kappa shape index (κ1) is 22.6. The molecule has 0 spiro atoms. The number of amides is 2. The van der Waals surface area contributed by atoms with Gasteiger partial charge in [0.05, 0.1) is 12.5 Å². The highest BCUT2D eigenvalue weighted by Crippen LogP contribution is 2.40. The minimum absolute atomic E-state index is 0.0215. The Balaban J connectivity index is 1.37. The van der Waals surface area contributed by atoms with Crippen molar-refractivity contribution in [2.75, 3.05) is 4.90 Å². The molecular formula is C29H24N6O2. The normalized spacial score (nSPS) is 15.4. The zero-order chi connectivity index (χ0) is 25.4. The molecule has 37 heavy (non-hydrogen) atoms. The molecule has 6 rings (SSSR count). The van der Waals surface area contributed by atoms with Crippen LogP contribution in [0.1, 0.15) is 29.9 Å². The molecule has 0 saturated carbocycles. The van der Waals surface area contributed by atoms with Crippen molar-refractivity contribution >= 4 is 28.3 Å². The van der Waals surface area contributed by atoms with Crippen LogP contribution in [0.15, 0.2) is 84.9 Å². The zero-order valence-electron chi connectivity index (χ0n) is 20.0. The van der Waals surface area contributed by atoms with E-state index in [-0.39, 0.29) is 12.3 Å². The monoisotopic (exact) mass is 488 g/mol. The van der Waals surface area contributed by atoms with Crippen LogP contribution in [0.2, 0.25) is 0 Å². The lowest BCUT2D eigenvalue weighted by Gasteiger charge is -2.25. The Labute approximate surface area is 213 Å². The molecule has 1 atom stereocenters. The molecule has 2 heterocycles. The van der Waals surface area contributed by atoms with Gasteiger partial charge in [-0.3, -0.25) is 9.59 Å². The predicted molar refractivity (Wildman–Crippen MR) is 141 cm³/mol. The number of nitrogens with two attached hydrogens (primary N) is 1. The maximum absolute atomic E-state index is 13.3. The molecule has 8 nitrogen and oxygen atoms in total. The SMILES string of the molecule is NC(=O)C1CCC(=O)N(Cc2ccc(-c3ccccc3-c3nn[nH]n3)cc2)c2ccc3ccccc3c21. The quantitative estimate of drug-likeness (QED) is 0.375. The number of nitrogens with one attached hydrogen (secondary N) is 1. The Hall–Kier alpha value is -4.85. The molecule has 1 aliphatic heterocycles. The molecular weight excluding hydrogens is 464 g/mol. The van der Waals surface area contributed by atoms with E-state index in [1.54, 1.807) is 4.90 Å². The number of fused-ring (bicyclic) bond motifs is 3. The van der Waals surface area contributed by atoms with Crippen molar-refractivity contribution in [2.24, 2.45) is 5.73 Å². The third-order valence-electron chi connectivity index (χ3n) is 7.00. The van der Waals surface area contributed by atoms with Crippen molar-refractivity contribution < 1.29 is 9.59 Å². The third-order valence-corrected chi connectivity index (χ3v) is 7.00. The van der Waals surface area contributed by atoms with Crippen molar-refractivity contribution in [3.05, 3.63) is 96.1 Å². The minimum Gasteiger partial charge on any atom is -0.369 e. The Kier molecular flexibility index (Phi) is 5.69. The van der Waals surface area contributed by atoms with E-state index in [1.165, 1.54) is 0 Å². The third kappa shape index (κ3) is 4.12. The summed E-state index contributed by atoms with van der Waals surface area (Å²) in [5.41, 5.74) is 11.3. The van der Waals surface area contributed by atoms with E-state index in [4.69, 9.17) is 5.73 Å². The fourth-order valence-corrected chi connectivity index (χ4v) is 5.20. The van der Waals surface area contributed by atoms with E-state index in [2.05, 4.69) is 20.6 Å². The molecule has 0 fully saturated rings. The van der Waals surface area contributed by atoms with Crippen molar-refractivity contribution in [1.82, 2.24) is 20.6 Å². The van der Waals surface area contributed by atoms with Gasteiger partial charge in [0.15, 0.2) is 0 Å². The summed E-state index contributed by atoms with van der Waals surface area (Å²) < 4.78 is 0. The van der Waals surface area contributed by atoms with Crippen LogP contribution in [0.5, 0.6) is 0 Å². The number of tetrazole rings is 1. The minimum atomic E-state index is -0.515. The largest absolute Gasteiger partial charge is 0.369 e. The number of benzene rings is 4. The molecule has 0 bridgehead atoms. The van der Waals surface area contributed by atoms with E-state index in [9.17, 15) is 9.59 Å². The Morgan fingerprint density at radius 1 is 0.946 bits per heavy atom. The van der Waals surface area contributed by atoms with Crippen molar-refractivity contribution in [2.45, 2.75) is 25.3 Å². The maximum Gasteiger partial charge on any atom is 0.227 e. The van der Waals surface area contributed by atoms with Gasteiger partial charge in [0.2, 0.25) is 17.6 Å². The van der Waals surface area contributed by atoms with E-state index < -0.39 is 11.8 Å². The number of anilines is 1. The Morgan fingerprint density at radius 3 is 2.46 bits per heavy atom. The average Bonchev–Trinajstić information content (AvgIpc) is 3.42. The Morgan fingerprint density at radius 2 is 1.70 bits per heavy atom. The maximum atomic E-state index is 13.3. The molecule has 8 heteroatoms. The number of aromatic nitrogens is 4. The number of hydrogen-bond acceptors (Lipinski definition) is 5. The van der Waals surface area contributed by atoms with Gasteiger partial charge >= 0.3 is 0 Å². The summed E-state index contributed by atoms with van der Waals surface area (Å²) >= 11 is 0. The second-order valence-electron chi connectivity index (χ2n) is 9.17. The van der Waals surface area contributed by atoms with Crippen LogP contribution in [0.3, 0.4) is 0 Å². The number of nitrogens with zero attached hydrogens (tertiary/aromatic N) is 4. The number of primary amides is 1. The highest BCUT2D eigenvalue weighted by Gasteiger charge is 2.32. The summed E-state index contributed by atoms with van der Waals surface area (Å²) in [6, 6.07) is 27.8. The van der Waals surface area contributed by atoms with Crippen LogP contribution >= 0.6 is 0 Å². The van der Waals surface area contributed by atoms with E-state index in [1.807, 2.05) is 84.9 Å². The summed E-state index contributed by atoms with van der Waals surface area (Å²) in [7, 11) is 0. The van der Waals surface area contributed by atoms with E-state index in [0.29, 0.717) is 18.8 Å². The van der Waals surface area contributed by atoms with Crippen molar-refractivity contribution in [3.63, 3.8) is 0 Å². The van der Waals surface area contributed by atoms with E-state index in [0.717, 1.165) is 44.3 Å². The van der Waals surface area contributed by atoms with Crippen LogP contribution in [0, 0.1) is 0 Å². The lowest BCUT2D eigenvalue weighted by Crippen LogP contribution is -2.29. The number of H-pyrrole nitrogens is 1. The predicted octanol–water partition coefficient (Wildman–Crippen LogP) is 4.58. The summed E-state index contributed by atoms with van der Waals surface area (Å²) in [6.45, 7) is 0.391. The van der Waals surface area contributed by atoms with Crippen LogP contribution in [-0.4, -0.2) is 32.4 Å². The summed E-state index contributed by atoms with van der Waals surface area (Å²) in [5.74, 6) is -0.412. The average molecular weight is 489 g/mol. The molecule has 4 aromatic carbocycles. The molecule has 0 saturated heterocycles. The zero-order valence-corrected chi connectivity index (χ0v) is 20.0. The molecule has 0 radical (unpaired) electrons. The van der Waals surface area contributed by atoms with Crippen LogP contribution < -0.4 is 10.6 Å². The smallest absolute Gasteiger partial charge is 0.227 e. The summed E-state index contributed by atoms with van der Waals surface area (Å²) in [5, 5.41) is 16.4. The molecule has 3 N–H and O–H groups in total. The molecule has 0 aliphatic carbocycles. The number of carbonyl (C=O) groups excluding carboxylic acids is 2. The van der Waals surface area contributed by atoms with Gasteiger partial charge in [-0.15, -0.1) is 10.2 Å². The molecule has 182 valence electrons. The molecule has 5 aromatic rings. The fourth-order valence-electron chi connectivity index (χ4n) is 5.20. The van der Waals surface area contributed by atoms with Gasteiger partial charge in [-0.05, 0) is 50.7 Å². The van der Waals surface area contributed by atoms with Gasteiger partial charge in [-0.1, -0.05) is 78.9 Å². The second kappa shape index (κ2) is 9.31. The summed E-state index contributed by atoms with van der Waals surface area (Å²) in [6.07, 6.45) is 0.657. The van der Waals surface area contributed by atoms with Crippen LogP contribution in [0.4, 0.5) is 5.69 Å². The van der Waals surface area contributed by atoms with Gasteiger partial charge in [0.25, 0.3) is 0 Å². The molecule has 1 aromatic heterocycles. The van der Waals surface area contributed by atoms with Crippen LogP contribution in [0.25, 0.3) is 33.3 Å². The lowest BCUT2D eigenvalue weighted by molar-refractivity contribution is -0.120. The van der Waals surface area contributed by atoms with Gasteiger partial charge < -0.3 is 10.6 Å². The lowest BCUT2D eigenvalue weighted by atomic mass is 9.89. The first-order chi connectivity index (χ1) is 18.1. The first-order valence-electron chi connectivity index (χ1n) is 12.1. The standard InChI is InChI=1S/C29H24N6O2/c30-28(37)24-14-16-26(36)35(25-15-13-19-5-1-2-7-22(19)27(24)25)17-18-9-11-20(12-10-18)21-6-3-4-8-23(21)29-31-33-34-32-29/h1-13,15,24H,14,16-17H2,(H2,30,37)(H,31,32,33,34). The van der Waals surface area contributed by atoms with Crippen LogP contribution in [-0.2, 0) is 16.1 Å². The molecule has 2 amide bonds. The van der Waals surface area contributed by atoms with Crippen molar-refractivity contribution in [3.8, 4) is 22.5 Å². The number of aromatic amines is 1. The fraction of sp³-hybridized carbons (Fsp3) is 0.138. The van der Waals surface area contributed by atoms with Crippen molar-refractivity contribution in [1.29, 1.82) is 0 Å². The van der Waals surface area contributed by atoms with Gasteiger partial charge in [-0.2, -0.15) is 5.21 Å². The highest BCUT2D eigenvalue weighted by molar-refractivity contribution is 6.03. The van der Waals surface area contributed by atoms with E-state index >= 15 is 0 Å². The number of rotatable bonds is 5. The number of hydrogen-bond donors (Lipinski definition) is 2. The van der Waals surface area contributed by atoms with Gasteiger partial charge in [0, 0.05) is 17.7 Å². The molecule has 1 unspecified atom stereocenters. The second-order valence-corrected chi connectivity index (χ2v) is 9.17. The highest BCUT2D eigenvalue weighted by atomic mass is 16.2. The Bertz CT molecular complexity index is 1610. The summed E-state index contributed by atoms with van der Waals surface area (Å²) in [4.78, 5) is 27.5. The number of carbonyl (C=O) groups is 2. The topological polar surface area (TPSA) is 118 Å². The van der Waals surface area contributed by atoms with Gasteiger partial charge in [-0.25, -0.2) is 0 Å². The first-order valence-corrected chi connectivity index (χ1v) is 12.1. The van der Waals surface area contributed by atoms with Gasteiger partial charge in [0.1, 0.15) is 0 Å².